The molecule has 1 heterocycles. The van der Waals surface area contributed by atoms with Gasteiger partial charge < -0.3 is 11.1 Å². The van der Waals surface area contributed by atoms with E-state index in [0.717, 1.165) is 25.5 Å². The van der Waals surface area contributed by atoms with Crippen molar-refractivity contribution in [3.63, 3.8) is 0 Å². The first kappa shape index (κ1) is 16.9. The Balaban J connectivity index is 1.85. The molecule has 0 aliphatic heterocycles. The third-order valence-corrected chi connectivity index (χ3v) is 6.05. The van der Waals surface area contributed by atoms with Crippen molar-refractivity contribution in [1.82, 2.24) is 9.97 Å². The van der Waals surface area contributed by atoms with E-state index in [-0.39, 0.29) is 23.2 Å². The topological polar surface area (TPSA) is 63.8 Å². The number of nitrogens with one attached hydrogen (secondary N) is 1. The Morgan fingerprint density at radius 3 is 2.91 bits per heavy atom. The lowest BCUT2D eigenvalue weighted by Crippen LogP contribution is -2.47. The van der Waals surface area contributed by atoms with Gasteiger partial charge in [0, 0.05) is 12.1 Å². The van der Waals surface area contributed by atoms with Crippen LogP contribution in [0.4, 0.5) is 10.2 Å². The molecule has 1 aromatic heterocycles. The first-order chi connectivity index (χ1) is 11.0. The van der Waals surface area contributed by atoms with Gasteiger partial charge in [-0.2, -0.15) is 4.98 Å². The van der Waals surface area contributed by atoms with Crippen LogP contribution in [0.1, 0.15) is 46.0 Å². The summed E-state index contributed by atoms with van der Waals surface area (Å²) in [6.07, 6.45) is 6.92. The van der Waals surface area contributed by atoms with Gasteiger partial charge in [0.05, 0.1) is 6.20 Å². The molecule has 2 fully saturated rings. The first-order valence-corrected chi connectivity index (χ1v) is 9.13. The molecule has 23 heavy (non-hydrogen) atoms. The lowest BCUT2D eigenvalue weighted by Gasteiger charge is -2.39. The van der Waals surface area contributed by atoms with E-state index >= 15 is 0 Å². The van der Waals surface area contributed by atoms with E-state index in [1.807, 2.05) is 0 Å². The predicted molar refractivity (Wildman–Crippen MR) is 90.8 cm³/mol. The van der Waals surface area contributed by atoms with Gasteiger partial charge in [0.25, 0.3) is 0 Å². The van der Waals surface area contributed by atoms with Gasteiger partial charge in [0.15, 0.2) is 11.6 Å². The van der Waals surface area contributed by atoms with Gasteiger partial charge in [-0.3, -0.25) is 0 Å². The van der Waals surface area contributed by atoms with Crippen molar-refractivity contribution in [2.45, 2.75) is 58.0 Å². The molecule has 0 aromatic carbocycles. The summed E-state index contributed by atoms with van der Waals surface area (Å²) in [5.41, 5.74) is 6.32. The van der Waals surface area contributed by atoms with Crippen molar-refractivity contribution in [1.29, 1.82) is 0 Å². The summed E-state index contributed by atoms with van der Waals surface area (Å²) in [5, 5.41) is 3.41. The fourth-order valence-electron chi connectivity index (χ4n) is 4.98. The van der Waals surface area contributed by atoms with Crippen molar-refractivity contribution in [3.05, 3.63) is 17.3 Å². The Morgan fingerprint density at radius 1 is 1.43 bits per heavy atom. The van der Waals surface area contributed by atoms with Crippen LogP contribution in [0.5, 0.6) is 0 Å². The summed E-state index contributed by atoms with van der Waals surface area (Å²) in [4.78, 5) is 7.73. The van der Waals surface area contributed by atoms with Crippen LogP contribution in [0.3, 0.4) is 0 Å². The predicted octanol–water partition coefficient (Wildman–Crippen LogP) is 3.86. The van der Waals surface area contributed by atoms with Crippen molar-refractivity contribution in [2.24, 2.45) is 29.4 Å². The second-order valence-corrected chi connectivity index (χ2v) is 7.44. The zero-order valence-corrected chi connectivity index (χ0v) is 14.6. The van der Waals surface area contributed by atoms with Crippen LogP contribution >= 0.6 is 11.6 Å². The molecule has 2 bridgehead atoms. The highest BCUT2D eigenvalue weighted by Gasteiger charge is 2.53. The lowest BCUT2D eigenvalue weighted by molar-refractivity contribution is 0.180. The highest BCUT2D eigenvalue weighted by atomic mass is 35.5. The number of nitrogens with zero attached hydrogens (tertiary/aromatic N) is 2. The van der Waals surface area contributed by atoms with Crippen LogP contribution in [0.15, 0.2) is 6.20 Å². The van der Waals surface area contributed by atoms with E-state index in [0.29, 0.717) is 23.7 Å². The maximum atomic E-state index is 14.0. The average Bonchev–Trinajstić information content (AvgIpc) is 3.05. The van der Waals surface area contributed by atoms with Crippen LogP contribution in [0.2, 0.25) is 5.28 Å². The van der Waals surface area contributed by atoms with Crippen molar-refractivity contribution >= 4 is 17.4 Å². The van der Waals surface area contributed by atoms with Crippen molar-refractivity contribution in [2.75, 3.05) is 5.32 Å². The van der Waals surface area contributed by atoms with Gasteiger partial charge in [0.2, 0.25) is 5.28 Å². The maximum Gasteiger partial charge on any atom is 0.224 e. The molecule has 0 amide bonds. The van der Waals surface area contributed by atoms with Gasteiger partial charge in [-0.15, -0.1) is 0 Å². The number of halogens is 2. The number of rotatable bonds is 6. The van der Waals surface area contributed by atoms with E-state index in [2.05, 4.69) is 29.1 Å². The number of hydrogen-bond donors (Lipinski definition) is 2. The molecular weight excluding hydrogens is 315 g/mol. The van der Waals surface area contributed by atoms with Crippen molar-refractivity contribution in [3.8, 4) is 0 Å². The van der Waals surface area contributed by atoms with E-state index in [1.54, 1.807) is 0 Å². The first-order valence-electron chi connectivity index (χ1n) is 8.75. The molecule has 0 radical (unpaired) electrons. The molecule has 6 heteroatoms. The smallest absolute Gasteiger partial charge is 0.224 e. The highest BCUT2D eigenvalue weighted by molar-refractivity contribution is 6.28. The molecule has 0 saturated heterocycles. The summed E-state index contributed by atoms with van der Waals surface area (Å²) < 4.78 is 14.0. The van der Waals surface area contributed by atoms with Crippen LogP contribution < -0.4 is 11.1 Å². The van der Waals surface area contributed by atoms with Crippen LogP contribution in [-0.2, 0) is 0 Å². The van der Waals surface area contributed by atoms with Crippen molar-refractivity contribution < 1.29 is 4.39 Å². The summed E-state index contributed by atoms with van der Waals surface area (Å²) in [6.45, 7) is 4.49. The highest BCUT2D eigenvalue weighted by Crippen LogP contribution is 2.53. The number of fused-ring (bicyclic) bond motifs is 2. The van der Waals surface area contributed by atoms with Crippen LogP contribution in [0.25, 0.3) is 0 Å². The Hall–Kier alpha value is -0.940. The minimum Gasteiger partial charge on any atom is -0.364 e. The Morgan fingerprint density at radius 2 is 2.22 bits per heavy atom. The van der Waals surface area contributed by atoms with Gasteiger partial charge >= 0.3 is 0 Å². The van der Waals surface area contributed by atoms with E-state index in [4.69, 9.17) is 17.3 Å². The zero-order valence-electron chi connectivity index (χ0n) is 13.8. The number of nitrogens with two attached hydrogens (primary N) is 1. The molecule has 0 spiro atoms. The summed E-state index contributed by atoms with van der Waals surface area (Å²) in [6, 6.07) is 0.383. The SMILES string of the molecule is CCCC(CC)C1C2CC(N)C(C2)C1Nc1nc(Cl)ncc1F. The maximum absolute atomic E-state index is 14.0. The molecule has 6 unspecified atom stereocenters. The Kier molecular flexibility index (Phi) is 5.07. The molecule has 128 valence electrons. The molecule has 2 saturated carbocycles. The molecule has 3 N–H and O–H groups in total. The molecule has 2 aliphatic carbocycles. The van der Waals surface area contributed by atoms with Gasteiger partial charge in [0.1, 0.15) is 0 Å². The summed E-state index contributed by atoms with van der Waals surface area (Å²) in [5.74, 6) is 1.99. The number of aromatic nitrogens is 2. The van der Waals surface area contributed by atoms with E-state index in [1.165, 1.54) is 12.8 Å². The molecule has 4 nitrogen and oxygen atoms in total. The van der Waals surface area contributed by atoms with E-state index < -0.39 is 5.82 Å². The average molecular weight is 341 g/mol. The van der Waals surface area contributed by atoms with E-state index in [9.17, 15) is 4.39 Å². The third-order valence-electron chi connectivity index (χ3n) is 5.87. The quantitative estimate of drug-likeness (QED) is 0.772. The molecule has 1 aromatic rings. The van der Waals surface area contributed by atoms with Gasteiger partial charge in [-0.25, -0.2) is 9.37 Å². The second-order valence-electron chi connectivity index (χ2n) is 7.10. The van der Waals surface area contributed by atoms with Gasteiger partial charge in [-0.05, 0) is 48.1 Å². The fourth-order valence-corrected chi connectivity index (χ4v) is 5.11. The monoisotopic (exact) mass is 340 g/mol. The Bertz CT molecular complexity index is 555. The van der Waals surface area contributed by atoms with Crippen LogP contribution in [-0.4, -0.2) is 22.1 Å². The minimum atomic E-state index is -0.451. The number of hydrogen-bond acceptors (Lipinski definition) is 4. The standard InChI is InChI=1S/C17H26ClFN4/c1-3-5-9(4-2)14-10-6-11(13(20)7-10)15(14)22-16-12(19)8-21-17(18)23-16/h8-11,13-15H,3-7,20H2,1-2H3,(H,21,22,23). The third kappa shape index (κ3) is 3.18. The lowest BCUT2D eigenvalue weighted by atomic mass is 9.72. The number of anilines is 1. The normalized spacial score (nSPS) is 33.9. The molecule has 6 atom stereocenters. The minimum absolute atomic E-state index is 0.0681. The Labute approximate surface area is 142 Å². The summed E-state index contributed by atoms with van der Waals surface area (Å²) in [7, 11) is 0. The molecule has 3 rings (SSSR count). The molecular formula is C17H26ClFN4. The largest absolute Gasteiger partial charge is 0.364 e. The molecule has 2 aliphatic rings. The summed E-state index contributed by atoms with van der Waals surface area (Å²) >= 11 is 5.83. The van der Waals surface area contributed by atoms with Gasteiger partial charge in [-0.1, -0.05) is 33.1 Å². The van der Waals surface area contributed by atoms with Crippen LogP contribution in [0, 0.1) is 29.5 Å². The second kappa shape index (κ2) is 6.89. The zero-order chi connectivity index (χ0) is 16.6. The fraction of sp³-hybridized carbons (Fsp3) is 0.765.